The molecule has 0 aliphatic rings. The molecule has 4 heteroatoms. The van der Waals surface area contributed by atoms with Gasteiger partial charge < -0.3 is 10.2 Å². The van der Waals surface area contributed by atoms with E-state index in [4.69, 9.17) is 0 Å². The SMILES string of the molecule is CCNC(Cc1ccc(F)c(F)c1)C(C)(C)N(C)C. The summed E-state index contributed by atoms with van der Waals surface area (Å²) in [4.78, 5) is 2.14. The summed E-state index contributed by atoms with van der Waals surface area (Å²) in [5, 5.41) is 3.43. The van der Waals surface area contributed by atoms with Gasteiger partial charge in [0.05, 0.1) is 0 Å². The van der Waals surface area contributed by atoms with Gasteiger partial charge in [-0.25, -0.2) is 8.78 Å². The van der Waals surface area contributed by atoms with Gasteiger partial charge in [0.2, 0.25) is 0 Å². The Kier molecular flexibility index (Phi) is 5.44. The van der Waals surface area contributed by atoms with E-state index in [0.717, 1.165) is 12.1 Å². The van der Waals surface area contributed by atoms with Crippen molar-refractivity contribution in [3.8, 4) is 0 Å². The van der Waals surface area contributed by atoms with E-state index in [2.05, 4.69) is 24.1 Å². The monoisotopic (exact) mass is 270 g/mol. The second-order valence-corrected chi connectivity index (χ2v) is 5.61. The molecular weight excluding hydrogens is 246 g/mol. The van der Waals surface area contributed by atoms with Crippen molar-refractivity contribution in [2.45, 2.75) is 38.8 Å². The zero-order chi connectivity index (χ0) is 14.6. The van der Waals surface area contributed by atoms with Crippen LogP contribution in [0.15, 0.2) is 18.2 Å². The summed E-state index contributed by atoms with van der Waals surface area (Å²) in [6, 6.07) is 4.29. The smallest absolute Gasteiger partial charge is 0.159 e. The van der Waals surface area contributed by atoms with Crippen LogP contribution >= 0.6 is 0 Å². The van der Waals surface area contributed by atoms with Crippen LogP contribution < -0.4 is 5.32 Å². The average molecular weight is 270 g/mol. The first-order valence-electron chi connectivity index (χ1n) is 6.63. The van der Waals surface area contributed by atoms with Gasteiger partial charge in [0.15, 0.2) is 11.6 Å². The highest BCUT2D eigenvalue weighted by molar-refractivity contribution is 5.20. The Bertz CT molecular complexity index is 417. The summed E-state index contributed by atoms with van der Waals surface area (Å²) in [5.74, 6) is -1.58. The van der Waals surface area contributed by atoms with E-state index in [-0.39, 0.29) is 11.6 Å². The van der Waals surface area contributed by atoms with Crippen LogP contribution in [-0.4, -0.2) is 37.1 Å². The Morgan fingerprint density at radius 2 is 1.84 bits per heavy atom. The molecule has 0 heterocycles. The number of hydrogen-bond donors (Lipinski definition) is 1. The van der Waals surface area contributed by atoms with E-state index in [9.17, 15) is 8.78 Å². The molecule has 0 saturated heterocycles. The van der Waals surface area contributed by atoms with E-state index >= 15 is 0 Å². The van der Waals surface area contributed by atoms with Crippen LogP contribution in [0.5, 0.6) is 0 Å². The molecule has 108 valence electrons. The first kappa shape index (κ1) is 16.1. The van der Waals surface area contributed by atoms with Crippen molar-refractivity contribution in [1.29, 1.82) is 0 Å². The first-order valence-corrected chi connectivity index (χ1v) is 6.63. The number of benzene rings is 1. The molecule has 2 nitrogen and oxygen atoms in total. The molecule has 1 N–H and O–H groups in total. The van der Waals surface area contributed by atoms with Gasteiger partial charge in [-0.2, -0.15) is 0 Å². The summed E-state index contributed by atoms with van der Waals surface area (Å²) in [7, 11) is 4.05. The van der Waals surface area contributed by atoms with Gasteiger partial charge in [-0.05, 0) is 58.6 Å². The van der Waals surface area contributed by atoms with E-state index in [1.54, 1.807) is 6.07 Å². The van der Waals surface area contributed by atoms with Crippen molar-refractivity contribution in [2.75, 3.05) is 20.6 Å². The second kappa shape index (κ2) is 6.44. The maximum atomic E-state index is 13.3. The molecule has 0 aromatic heterocycles. The molecule has 1 aromatic carbocycles. The van der Waals surface area contributed by atoms with Crippen molar-refractivity contribution in [2.24, 2.45) is 0 Å². The molecule has 1 unspecified atom stereocenters. The lowest BCUT2D eigenvalue weighted by atomic mass is 9.88. The maximum Gasteiger partial charge on any atom is 0.159 e. The van der Waals surface area contributed by atoms with Crippen LogP contribution in [0.3, 0.4) is 0 Å². The predicted molar refractivity (Wildman–Crippen MR) is 75.3 cm³/mol. The first-order chi connectivity index (χ1) is 8.78. The topological polar surface area (TPSA) is 15.3 Å². The van der Waals surface area contributed by atoms with Crippen LogP contribution in [0.25, 0.3) is 0 Å². The lowest BCUT2D eigenvalue weighted by Gasteiger charge is -2.40. The Morgan fingerprint density at radius 1 is 1.21 bits per heavy atom. The number of hydrogen-bond acceptors (Lipinski definition) is 2. The molecular formula is C15H24F2N2. The third-order valence-electron chi connectivity index (χ3n) is 3.88. The molecule has 19 heavy (non-hydrogen) atoms. The standard InChI is InChI=1S/C15H24F2N2/c1-6-18-14(15(2,3)19(4)5)10-11-7-8-12(16)13(17)9-11/h7-9,14,18H,6,10H2,1-5H3. The van der Waals surface area contributed by atoms with Crippen LogP contribution in [0.2, 0.25) is 0 Å². The number of nitrogens with zero attached hydrogens (tertiary/aromatic N) is 1. The molecule has 0 saturated carbocycles. The van der Waals surface area contributed by atoms with Crippen LogP contribution in [0.4, 0.5) is 8.78 Å². The highest BCUT2D eigenvalue weighted by atomic mass is 19.2. The number of rotatable bonds is 6. The van der Waals surface area contributed by atoms with Crippen LogP contribution in [-0.2, 0) is 6.42 Å². The molecule has 0 amide bonds. The van der Waals surface area contributed by atoms with Gasteiger partial charge in [-0.1, -0.05) is 13.0 Å². The fourth-order valence-corrected chi connectivity index (χ4v) is 2.03. The van der Waals surface area contributed by atoms with Crippen molar-refractivity contribution in [1.82, 2.24) is 10.2 Å². The summed E-state index contributed by atoms with van der Waals surface area (Å²) in [6.07, 6.45) is 0.663. The summed E-state index contributed by atoms with van der Waals surface area (Å²) >= 11 is 0. The fourth-order valence-electron chi connectivity index (χ4n) is 2.03. The molecule has 0 aliphatic heterocycles. The van der Waals surface area contributed by atoms with Gasteiger partial charge >= 0.3 is 0 Å². The van der Waals surface area contributed by atoms with E-state index in [1.807, 2.05) is 21.0 Å². The van der Waals surface area contributed by atoms with Crippen molar-refractivity contribution < 1.29 is 8.78 Å². The minimum absolute atomic E-state index is 0.0825. The Hall–Kier alpha value is -1.00. The quantitative estimate of drug-likeness (QED) is 0.855. The molecule has 0 spiro atoms. The van der Waals surface area contributed by atoms with Crippen LogP contribution in [0, 0.1) is 11.6 Å². The normalized spacial score (nSPS) is 13.9. The van der Waals surface area contributed by atoms with Crippen LogP contribution in [0.1, 0.15) is 26.3 Å². The van der Waals surface area contributed by atoms with Gasteiger partial charge in [-0.3, -0.25) is 0 Å². The Balaban J connectivity index is 2.92. The highest BCUT2D eigenvalue weighted by Gasteiger charge is 2.31. The van der Waals surface area contributed by atoms with Gasteiger partial charge in [-0.15, -0.1) is 0 Å². The minimum Gasteiger partial charge on any atom is -0.312 e. The maximum absolute atomic E-state index is 13.3. The van der Waals surface area contributed by atoms with Gasteiger partial charge in [0, 0.05) is 11.6 Å². The Labute approximate surface area is 114 Å². The molecule has 0 radical (unpaired) electrons. The van der Waals surface area contributed by atoms with Gasteiger partial charge in [0.25, 0.3) is 0 Å². The third-order valence-corrected chi connectivity index (χ3v) is 3.88. The summed E-state index contributed by atoms with van der Waals surface area (Å²) in [6.45, 7) is 7.16. The molecule has 1 aromatic rings. The predicted octanol–water partition coefficient (Wildman–Crippen LogP) is 2.83. The van der Waals surface area contributed by atoms with Crippen molar-refractivity contribution in [3.63, 3.8) is 0 Å². The molecule has 0 fully saturated rings. The third kappa shape index (κ3) is 3.98. The zero-order valence-electron chi connectivity index (χ0n) is 12.4. The molecule has 1 rings (SSSR count). The average Bonchev–Trinajstić information content (AvgIpc) is 2.33. The fraction of sp³-hybridized carbons (Fsp3) is 0.600. The summed E-state index contributed by atoms with van der Waals surface area (Å²) < 4.78 is 26.2. The molecule has 1 atom stereocenters. The second-order valence-electron chi connectivity index (χ2n) is 5.61. The minimum atomic E-state index is -0.796. The largest absolute Gasteiger partial charge is 0.312 e. The molecule has 0 aliphatic carbocycles. The zero-order valence-corrected chi connectivity index (χ0v) is 12.4. The van der Waals surface area contributed by atoms with Gasteiger partial charge in [0.1, 0.15) is 0 Å². The van der Waals surface area contributed by atoms with Crippen molar-refractivity contribution in [3.05, 3.63) is 35.4 Å². The molecule has 0 bridgehead atoms. The van der Waals surface area contributed by atoms with E-state index in [1.165, 1.54) is 12.1 Å². The number of likely N-dealkylation sites (N-methyl/N-ethyl adjacent to an activating group) is 2. The Morgan fingerprint density at radius 3 is 2.32 bits per heavy atom. The highest BCUT2D eigenvalue weighted by Crippen LogP contribution is 2.20. The van der Waals surface area contributed by atoms with Crippen molar-refractivity contribution >= 4 is 0 Å². The van der Waals surface area contributed by atoms with E-state index < -0.39 is 11.6 Å². The number of nitrogens with one attached hydrogen (secondary N) is 1. The number of halogens is 2. The van der Waals surface area contributed by atoms with E-state index in [0.29, 0.717) is 6.42 Å². The lowest BCUT2D eigenvalue weighted by Crippen LogP contribution is -2.56. The summed E-state index contributed by atoms with van der Waals surface area (Å²) in [5.41, 5.74) is 0.723. The lowest BCUT2D eigenvalue weighted by molar-refractivity contribution is 0.138.